The highest BCUT2D eigenvalue weighted by atomic mass is 16.5. The highest BCUT2D eigenvalue weighted by molar-refractivity contribution is 5.95. The smallest absolute Gasteiger partial charge is 0.263 e. The van der Waals surface area contributed by atoms with Crippen LogP contribution in [0.2, 0.25) is 0 Å². The molecule has 0 radical (unpaired) electrons. The summed E-state index contributed by atoms with van der Waals surface area (Å²) in [6.45, 7) is 8.58. The van der Waals surface area contributed by atoms with Gasteiger partial charge in [0, 0.05) is 11.7 Å². The van der Waals surface area contributed by atoms with Gasteiger partial charge in [-0.15, -0.1) is 0 Å². The molecule has 0 spiro atoms. The SMILES string of the molecule is CCC(CC)NC(=O)C1CN(CC(=O)Nc2cccc(C)c2C)c2ccccc2O1. The summed E-state index contributed by atoms with van der Waals surface area (Å²) in [6.07, 6.45) is 1.08. The number of para-hydroxylation sites is 2. The van der Waals surface area contributed by atoms with Gasteiger partial charge in [-0.25, -0.2) is 0 Å². The van der Waals surface area contributed by atoms with Crippen molar-refractivity contribution in [2.24, 2.45) is 0 Å². The number of anilines is 2. The number of nitrogens with zero attached hydrogens (tertiary/aromatic N) is 1. The molecule has 0 aliphatic carbocycles. The number of benzene rings is 2. The third-order valence-electron chi connectivity index (χ3n) is 5.70. The van der Waals surface area contributed by atoms with E-state index in [1.54, 1.807) is 0 Å². The molecule has 0 bridgehead atoms. The molecule has 2 aromatic rings. The Morgan fingerprint density at radius 2 is 1.83 bits per heavy atom. The van der Waals surface area contributed by atoms with E-state index in [0.29, 0.717) is 12.3 Å². The zero-order chi connectivity index (χ0) is 21.7. The number of rotatable bonds is 7. The van der Waals surface area contributed by atoms with Crippen LogP contribution in [-0.2, 0) is 9.59 Å². The molecule has 30 heavy (non-hydrogen) atoms. The van der Waals surface area contributed by atoms with Crippen molar-refractivity contribution in [1.29, 1.82) is 0 Å². The maximum atomic E-state index is 12.8. The summed E-state index contributed by atoms with van der Waals surface area (Å²) in [5, 5.41) is 6.05. The van der Waals surface area contributed by atoms with Crippen molar-refractivity contribution in [2.45, 2.75) is 52.7 Å². The molecule has 0 saturated carbocycles. The Bertz CT molecular complexity index is 908. The van der Waals surface area contributed by atoms with E-state index < -0.39 is 6.10 Å². The summed E-state index contributed by atoms with van der Waals surface area (Å²) in [7, 11) is 0. The van der Waals surface area contributed by atoms with E-state index in [0.717, 1.165) is 35.3 Å². The summed E-state index contributed by atoms with van der Waals surface area (Å²) < 4.78 is 5.96. The van der Waals surface area contributed by atoms with Crippen LogP contribution in [0.15, 0.2) is 42.5 Å². The van der Waals surface area contributed by atoms with Crippen LogP contribution in [0.3, 0.4) is 0 Å². The Hall–Kier alpha value is -3.02. The molecule has 2 amide bonds. The molecule has 0 aromatic heterocycles. The van der Waals surface area contributed by atoms with Gasteiger partial charge in [-0.05, 0) is 56.0 Å². The number of nitrogens with one attached hydrogen (secondary N) is 2. The Kier molecular flexibility index (Phi) is 6.98. The van der Waals surface area contributed by atoms with E-state index in [1.165, 1.54) is 0 Å². The summed E-state index contributed by atoms with van der Waals surface area (Å²) >= 11 is 0. The number of ether oxygens (including phenoxy) is 1. The standard InChI is InChI=1S/C24H31N3O3/c1-5-18(6-2)25-24(29)22-14-27(20-12-7-8-13-21(20)30-22)15-23(28)26-19-11-9-10-16(3)17(19)4/h7-13,18,22H,5-6,14-15H2,1-4H3,(H,25,29)(H,26,28). The summed E-state index contributed by atoms with van der Waals surface area (Å²) in [5.41, 5.74) is 3.81. The first-order valence-electron chi connectivity index (χ1n) is 10.6. The molecule has 2 N–H and O–H groups in total. The molecule has 6 nitrogen and oxygen atoms in total. The third kappa shape index (κ3) is 4.93. The van der Waals surface area contributed by atoms with Gasteiger partial charge in [0.2, 0.25) is 5.91 Å². The van der Waals surface area contributed by atoms with Crippen LogP contribution in [0.5, 0.6) is 5.75 Å². The monoisotopic (exact) mass is 409 g/mol. The Labute approximate surface area is 178 Å². The quantitative estimate of drug-likeness (QED) is 0.729. The van der Waals surface area contributed by atoms with E-state index in [4.69, 9.17) is 4.74 Å². The second-order valence-electron chi connectivity index (χ2n) is 7.77. The fourth-order valence-corrected chi connectivity index (χ4v) is 3.63. The van der Waals surface area contributed by atoms with Gasteiger partial charge in [0.05, 0.1) is 18.8 Å². The molecular formula is C24H31N3O3. The number of aryl methyl sites for hydroxylation is 1. The van der Waals surface area contributed by atoms with Gasteiger partial charge >= 0.3 is 0 Å². The Balaban J connectivity index is 1.74. The number of fused-ring (bicyclic) bond motifs is 1. The predicted octanol–water partition coefficient (Wildman–Crippen LogP) is 3.81. The van der Waals surface area contributed by atoms with Crippen LogP contribution >= 0.6 is 0 Å². The molecule has 1 atom stereocenters. The van der Waals surface area contributed by atoms with Gasteiger partial charge in [0.25, 0.3) is 5.91 Å². The van der Waals surface area contributed by atoms with E-state index in [-0.39, 0.29) is 24.4 Å². The van der Waals surface area contributed by atoms with Crippen molar-refractivity contribution >= 4 is 23.2 Å². The number of amides is 2. The summed E-state index contributed by atoms with van der Waals surface area (Å²) in [5.74, 6) is 0.352. The molecular weight excluding hydrogens is 378 g/mol. The lowest BCUT2D eigenvalue weighted by molar-refractivity contribution is -0.129. The Morgan fingerprint density at radius 1 is 1.10 bits per heavy atom. The minimum absolute atomic E-state index is 0.124. The minimum Gasteiger partial charge on any atom is -0.477 e. The Morgan fingerprint density at radius 3 is 2.57 bits per heavy atom. The van der Waals surface area contributed by atoms with Crippen molar-refractivity contribution in [3.63, 3.8) is 0 Å². The molecule has 3 rings (SSSR count). The zero-order valence-electron chi connectivity index (χ0n) is 18.2. The highest BCUT2D eigenvalue weighted by Crippen LogP contribution is 2.33. The van der Waals surface area contributed by atoms with Gasteiger partial charge in [0.15, 0.2) is 6.10 Å². The number of hydrogen-bond donors (Lipinski definition) is 2. The largest absolute Gasteiger partial charge is 0.477 e. The van der Waals surface area contributed by atoms with Crippen LogP contribution in [0.4, 0.5) is 11.4 Å². The fourth-order valence-electron chi connectivity index (χ4n) is 3.63. The van der Waals surface area contributed by atoms with E-state index >= 15 is 0 Å². The van der Waals surface area contributed by atoms with Crippen LogP contribution < -0.4 is 20.3 Å². The van der Waals surface area contributed by atoms with Crippen LogP contribution in [0.1, 0.15) is 37.8 Å². The molecule has 6 heteroatoms. The van der Waals surface area contributed by atoms with E-state index in [9.17, 15) is 9.59 Å². The molecule has 160 valence electrons. The lowest BCUT2D eigenvalue weighted by atomic mass is 10.1. The van der Waals surface area contributed by atoms with Gasteiger partial charge in [-0.1, -0.05) is 38.1 Å². The molecule has 0 saturated heterocycles. The van der Waals surface area contributed by atoms with Gasteiger partial charge in [0.1, 0.15) is 5.75 Å². The zero-order valence-corrected chi connectivity index (χ0v) is 18.2. The number of hydrogen-bond acceptors (Lipinski definition) is 4. The lowest BCUT2D eigenvalue weighted by Gasteiger charge is -2.35. The second kappa shape index (κ2) is 9.65. The second-order valence-corrected chi connectivity index (χ2v) is 7.77. The van der Waals surface area contributed by atoms with Gasteiger partial charge < -0.3 is 20.3 Å². The maximum absolute atomic E-state index is 12.8. The minimum atomic E-state index is -0.658. The van der Waals surface area contributed by atoms with Gasteiger partial charge in [-0.3, -0.25) is 9.59 Å². The average Bonchev–Trinajstić information content (AvgIpc) is 2.75. The predicted molar refractivity (Wildman–Crippen MR) is 120 cm³/mol. The van der Waals surface area contributed by atoms with Crippen molar-refractivity contribution < 1.29 is 14.3 Å². The maximum Gasteiger partial charge on any atom is 0.263 e. The van der Waals surface area contributed by atoms with Crippen molar-refractivity contribution in [3.05, 3.63) is 53.6 Å². The van der Waals surface area contributed by atoms with Gasteiger partial charge in [-0.2, -0.15) is 0 Å². The molecule has 1 heterocycles. The molecule has 1 aliphatic rings. The molecule has 2 aromatic carbocycles. The van der Waals surface area contributed by atoms with Crippen molar-refractivity contribution in [2.75, 3.05) is 23.3 Å². The first kappa shape index (κ1) is 21.7. The normalized spacial score (nSPS) is 15.4. The molecule has 1 unspecified atom stereocenters. The van der Waals surface area contributed by atoms with Crippen LogP contribution in [0.25, 0.3) is 0 Å². The summed E-state index contributed by atoms with van der Waals surface area (Å²) in [6, 6.07) is 13.5. The van der Waals surface area contributed by atoms with E-state index in [2.05, 4.69) is 24.5 Å². The molecule has 1 aliphatic heterocycles. The van der Waals surface area contributed by atoms with Crippen molar-refractivity contribution in [3.8, 4) is 5.75 Å². The first-order valence-corrected chi connectivity index (χ1v) is 10.6. The highest BCUT2D eigenvalue weighted by Gasteiger charge is 2.32. The van der Waals surface area contributed by atoms with E-state index in [1.807, 2.05) is 61.2 Å². The first-order chi connectivity index (χ1) is 14.4. The average molecular weight is 410 g/mol. The topological polar surface area (TPSA) is 70.7 Å². The molecule has 0 fully saturated rings. The fraction of sp³-hybridized carbons (Fsp3) is 0.417. The van der Waals surface area contributed by atoms with Crippen LogP contribution in [-0.4, -0.2) is 37.0 Å². The lowest BCUT2D eigenvalue weighted by Crippen LogP contribution is -2.52. The number of carbonyl (C=O) groups is 2. The summed E-state index contributed by atoms with van der Waals surface area (Å²) in [4.78, 5) is 27.5. The van der Waals surface area contributed by atoms with Crippen LogP contribution in [0, 0.1) is 13.8 Å². The van der Waals surface area contributed by atoms with Crippen molar-refractivity contribution in [1.82, 2.24) is 5.32 Å². The number of carbonyl (C=O) groups excluding carboxylic acids is 2. The third-order valence-corrected chi connectivity index (χ3v) is 5.70.